The summed E-state index contributed by atoms with van der Waals surface area (Å²) in [6.07, 6.45) is 1.24. The SMILES string of the molecule is CN=C1N(C)CCCN1C. The average molecular weight is 141 g/mol. The highest BCUT2D eigenvalue weighted by molar-refractivity contribution is 5.80. The van der Waals surface area contributed by atoms with Crippen LogP contribution < -0.4 is 0 Å². The minimum atomic E-state index is 1.10. The molecule has 0 aromatic carbocycles. The zero-order valence-electron chi connectivity index (χ0n) is 6.96. The van der Waals surface area contributed by atoms with Crippen LogP contribution in [0.15, 0.2) is 4.99 Å². The molecular formula is C7H15N3. The van der Waals surface area contributed by atoms with Crippen molar-refractivity contribution in [1.29, 1.82) is 0 Å². The van der Waals surface area contributed by atoms with Crippen molar-refractivity contribution in [3.63, 3.8) is 0 Å². The Labute approximate surface area is 62.3 Å². The van der Waals surface area contributed by atoms with E-state index in [2.05, 4.69) is 28.9 Å². The first-order valence-electron chi connectivity index (χ1n) is 3.64. The largest absolute Gasteiger partial charge is 0.346 e. The van der Waals surface area contributed by atoms with Gasteiger partial charge in [0.2, 0.25) is 0 Å². The van der Waals surface area contributed by atoms with Gasteiger partial charge in [-0.15, -0.1) is 0 Å². The van der Waals surface area contributed by atoms with Crippen LogP contribution in [0.5, 0.6) is 0 Å². The Hall–Kier alpha value is -0.730. The molecule has 1 saturated heterocycles. The van der Waals surface area contributed by atoms with E-state index in [1.54, 1.807) is 0 Å². The van der Waals surface area contributed by atoms with E-state index in [-0.39, 0.29) is 0 Å². The second-order valence-corrected chi connectivity index (χ2v) is 2.72. The lowest BCUT2D eigenvalue weighted by molar-refractivity contribution is 0.318. The lowest BCUT2D eigenvalue weighted by atomic mass is 10.3. The van der Waals surface area contributed by atoms with Crippen molar-refractivity contribution in [1.82, 2.24) is 9.80 Å². The van der Waals surface area contributed by atoms with Crippen LogP contribution in [0.25, 0.3) is 0 Å². The molecule has 0 spiro atoms. The highest BCUT2D eigenvalue weighted by Gasteiger charge is 2.15. The molecule has 0 unspecified atom stereocenters. The fraction of sp³-hybridized carbons (Fsp3) is 0.857. The van der Waals surface area contributed by atoms with Gasteiger partial charge in [0, 0.05) is 34.2 Å². The quantitative estimate of drug-likeness (QED) is 0.481. The molecular weight excluding hydrogens is 126 g/mol. The molecule has 1 fully saturated rings. The van der Waals surface area contributed by atoms with Crippen molar-refractivity contribution in [2.45, 2.75) is 6.42 Å². The highest BCUT2D eigenvalue weighted by atomic mass is 15.4. The molecule has 58 valence electrons. The van der Waals surface area contributed by atoms with Crippen LogP contribution in [0.4, 0.5) is 0 Å². The minimum absolute atomic E-state index is 1.10. The molecule has 0 saturated carbocycles. The van der Waals surface area contributed by atoms with Crippen LogP contribution in [0.2, 0.25) is 0 Å². The number of hydrogen-bond acceptors (Lipinski definition) is 1. The summed E-state index contributed by atoms with van der Waals surface area (Å²) >= 11 is 0. The Bertz CT molecular complexity index is 130. The van der Waals surface area contributed by atoms with Crippen LogP contribution in [-0.4, -0.2) is 50.0 Å². The van der Waals surface area contributed by atoms with E-state index in [1.807, 2.05) is 7.05 Å². The molecule has 0 radical (unpaired) electrons. The second kappa shape index (κ2) is 2.90. The number of hydrogen-bond donors (Lipinski definition) is 0. The summed E-state index contributed by atoms with van der Waals surface area (Å²) in [5.41, 5.74) is 0. The third kappa shape index (κ3) is 1.23. The van der Waals surface area contributed by atoms with Gasteiger partial charge in [-0.05, 0) is 6.42 Å². The summed E-state index contributed by atoms with van der Waals surface area (Å²) in [6, 6.07) is 0. The topological polar surface area (TPSA) is 18.8 Å². The van der Waals surface area contributed by atoms with Crippen molar-refractivity contribution in [3.05, 3.63) is 0 Å². The van der Waals surface area contributed by atoms with Crippen molar-refractivity contribution >= 4 is 5.96 Å². The monoisotopic (exact) mass is 141 g/mol. The Morgan fingerprint density at radius 3 is 2.00 bits per heavy atom. The van der Waals surface area contributed by atoms with Gasteiger partial charge in [-0.1, -0.05) is 0 Å². The Morgan fingerprint density at radius 1 is 1.20 bits per heavy atom. The molecule has 0 aliphatic carbocycles. The lowest BCUT2D eigenvalue weighted by Crippen LogP contribution is -2.46. The van der Waals surface area contributed by atoms with Crippen molar-refractivity contribution in [2.75, 3.05) is 34.2 Å². The van der Waals surface area contributed by atoms with Gasteiger partial charge in [-0.3, -0.25) is 4.99 Å². The molecule has 1 aliphatic heterocycles. The van der Waals surface area contributed by atoms with Crippen molar-refractivity contribution in [3.8, 4) is 0 Å². The van der Waals surface area contributed by atoms with Gasteiger partial charge < -0.3 is 9.80 Å². The lowest BCUT2D eigenvalue weighted by Gasteiger charge is -2.34. The van der Waals surface area contributed by atoms with Crippen LogP contribution in [0.3, 0.4) is 0 Å². The van der Waals surface area contributed by atoms with Gasteiger partial charge in [0.1, 0.15) is 0 Å². The molecule has 0 N–H and O–H groups in total. The molecule has 1 aliphatic rings. The number of nitrogens with zero attached hydrogens (tertiary/aromatic N) is 3. The number of rotatable bonds is 0. The zero-order chi connectivity index (χ0) is 7.56. The third-order valence-corrected chi connectivity index (χ3v) is 1.87. The van der Waals surface area contributed by atoms with E-state index in [0.717, 1.165) is 19.0 Å². The molecule has 0 aromatic heterocycles. The third-order valence-electron chi connectivity index (χ3n) is 1.87. The predicted octanol–water partition coefficient (Wildman–Crippen LogP) is 0.240. The average Bonchev–Trinajstić information content (AvgIpc) is 1.88. The molecule has 1 rings (SSSR count). The summed E-state index contributed by atoms with van der Waals surface area (Å²) in [5, 5.41) is 0. The van der Waals surface area contributed by atoms with Crippen LogP contribution in [0.1, 0.15) is 6.42 Å². The summed E-state index contributed by atoms with van der Waals surface area (Å²) in [6.45, 7) is 2.27. The second-order valence-electron chi connectivity index (χ2n) is 2.72. The summed E-state index contributed by atoms with van der Waals surface area (Å²) in [7, 11) is 6.00. The van der Waals surface area contributed by atoms with Crippen molar-refractivity contribution in [2.24, 2.45) is 4.99 Å². The van der Waals surface area contributed by atoms with Gasteiger partial charge in [0.25, 0.3) is 0 Å². The summed E-state index contributed by atoms with van der Waals surface area (Å²) in [4.78, 5) is 8.55. The first kappa shape index (κ1) is 7.38. The van der Waals surface area contributed by atoms with E-state index >= 15 is 0 Å². The maximum Gasteiger partial charge on any atom is 0.195 e. The Balaban J connectivity index is 2.63. The standard InChI is InChI=1S/C7H15N3/c1-8-7-9(2)5-4-6-10(7)3/h4-6H2,1-3H3. The molecule has 10 heavy (non-hydrogen) atoms. The van der Waals surface area contributed by atoms with E-state index in [9.17, 15) is 0 Å². The maximum atomic E-state index is 4.18. The molecule has 0 amide bonds. The molecule has 0 atom stereocenters. The van der Waals surface area contributed by atoms with Gasteiger partial charge >= 0.3 is 0 Å². The normalized spacial score (nSPS) is 19.7. The fourth-order valence-electron chi connectivity index (χ4n) is 1.38. The first-order chi connectivity index (χ1) is 4.75. The predicted molar refractivity (Wildman–Crippen MR) is 43.2 cm³/mol. The fourth-order valence-corrected chi connectivity index (χ4v) is 1.38. The van der Waals surface area contributed by atoms with E-state index in [1.165, 1.54) is 6.42 Å². The molecule has 3 nitrogen and oxygen atoms in total. The zero-order valence-corrected chi connectivity index (χ0v) is 6.96. The molecule has 3 heteroatoms. The van der Waals surface area contributed by atoms with Gasteiger partial charge in [0.05, 0.1) is 0 Å². The number of guanidine groups is 1. The van der Waals surface area contributed by atoms with Gasteiger partial charge in [-0.25, -0.2) is 0 Å². The number of aliphatic imine (C=N–C) groups is 1. The minimum Gasteiger partial charge on any atom is -0.346 e. The highest BCUT2D eigenvalue weighted by Crippen LogP contribution is 2.03. The van der Waals surface area contributed by atoms with Crippen molar-refractivity contribution < 1.29 is 0 Å². The maximum absolute atomic E-state index is 4.18. The van der Waals surface area contributed by atoms with E-state index in [4.69, 9.17) is 0 Å². The van der Waals surface area contributed by atoms with Crippen LogP contribution >= 0.6 is 0 Å². The molecule has 0 bridgehead atoms. The Kier molecular flexibility index (Phi) is 2.14. The smallest absolute Gasteiger partial charge is 0.195 e. The molecule has 0 aromatic rings. The first-order valence-corrected chi connectivity index (χ1v) is 3.64. The van der Waals surface area contributed by atoms with E-state index < -0.39 is 0 Å². The summed E-state index contributed by atoms with van der Waals surface area (Å²) < 4.78 is 0. The Morgan fingerprint density at radius 2 is 1.70 bits per heavy atom. The van der Waals surface area contributed by atoms with Crippen LogP contribution in [0, 0.1) is 0 Å². The molecule has 1 heterocycles. The summed E-state index contributed by atoms with van der Waals surface area (Å²) in [5.74, 6) is 1.10. The van der Waals surface area contributed by atoms with E-state index in [0.29, 0.717) is 0 Å². The van der Waals surface area contributed by atoms with Crippen LogP contribution in [-0.2, 0) is 0 Å². The van der Waals surface area contributed by atoms with Gasteiger partial charge in [-0.2, -0.15) is 0 Å². The van der Waals surface area contributed by atoms with Gasteiger partial charge in [0.15, 0.2) is 5.96 Å².